The summed E-state index contributed by atoms with van der Waals surface area (Å²) in [5.41, 5.74) is 0.0816. The SMILES string of the molecule is O=C(O)c1cc(-c2occc2[N+](=O)[O-])c2ccc(Cl)cc2n1. The van der Waals surface area contributed by atoms with Crippen LogP contribution >= 0.6 is 11.6 Å². The van der Waals surface area contributed by atoms with Gasteiger partial charge in [0.15, 0.2) is 0 Å². The van der Waals surface area contributed by atoms with Crippen molar-refractivity contribution in [2.24, 2.45) is 0 Å². The van der Waals surface area contributed by atoms with Crippen LogP contribution in [0.4, 0.5) is 5.69 Å². The number of hydrogen-bond acceptors (Lipinski definition) is 5. The predicted octanol–water partition coefficient (Wildman–Crippen LogP) is 3.75. The highest BCUT2D eigenvalue weighted by Gasteiger charge is 2.23. The van der Waals surface area contributed by atoms with Crippen LogP contribution in [0.5, 0.6) is 0 Å². The zero-order valence-corrected chi connectivity index (χ0v) is 11.6. The van der Waals surface area contributed by atoms with Crippen LogP contribution < -0.4 is 0 Å². The lowest BCUT2D eigenvalue weighted by Gasteiger charge is -2.06. The highest BCUT2D eigenvalue weighted by molar-refractivity contribution is 6.31. The number of furan rings is 1. The normalized spacial score (nSPS) is 10.8. The predicted molar refractivity (Wildman–Crippen MR) is 78.1 cm³/mol. The number of benzene rings is 1. The third kappa shape index (κ3) is 2.27. The van der Waals surface area contributed by atoms with Crippen LogP contribution in [0, 0.1) is 10.1 Å². The van der Waals surface area contributed by atoms with Crippen LogP contribution in [0.3, 0.4) is 0 Å². The molecular formula is C14H7ClN2O5. The van der Waals surface area contributed by atoms with Crippen molar-refractivity contribution in [1.29, 1.82) is 0 Å². The molecule has 1 aromatic carbocycles. The molecule has 7 nitrogen and oxygen atoms in total. The summed E-state index contributed by atoms with van der Waals surface area (Å²) in [5.74, 6) is -1.28. The number of aromatic nitrogens is 1. The summed E-state index contributed by atoms with van der Waals surface area (Å²) < 4.78 is 5.19. The Bertz CT molecular complexity index is 919. The first-order valence-electron chi connectivity index (χ1n) is 6.03. The van der Waals surface area contributed by atoms with E-state index in [4.69, 9.17) is 21.1 Å². The molecule has 2 aromatic heterocycles. The van der Waals surface area contributed by atoms with Crippen molar-refractivity contribution in [3.8, 4) is 11.3 Å². The van der Waals surface area contributed by atoms with Crippen molar-refractivity contribution in [3.63, 3.8) is 0 Å². The van der Waals surface area contributed by atoms with E-state index in [9.17, 15) is 14.9 Å². The average Bonchev–Trinajstić information content (AvgIpc) is 2.95. The van der Waals surface area contributed by atoms with E-state index in [0.29, 0.717) is 15.9 Å². The minimum Gasteiger partial charge on any atom is -0.477 e. The second kappa shape index (κ2) is 5.12. The molecule has 0 bridgehead atoms. The molecule has 3 rings (SSSR count). The highest BCUT2D eigenvalue weighted by Crippen LogP contribution is 2.36. The van der Waals surface area contributed by atoms with Gasteiger partial charge >= 0.3 is 11.7 Å². The number of carboxylic acids is 1. The molecule has 0 atom stereocenters. The van der Waals surface area contributed by atoms with Gasteiger partial charge in [-0.05, 0) is 18.2 Å². The van der Waals surface area contributed by atoms with Crippen LogP contribution in [-0.4, -0.2) is 21.0 Å². The monoisotopic (exact) mass is 318 g/mol. The minimum absolute atomic E-state index is 0.0257. The Morgan fingerprint density at radius 3 is 2.77 bits per heavy atom. The van der Waals surface area contributed by atoms with Gasteiger partial charge in [-0.2, -0.15) is 0 Å². The molecule has 0 saturated heterocycles. The Morgan fingerprint density at radius 2 is 2.09 bits per heavy atom. The van der Waals surface area contributed by atoms with Crippen LogP contribution in [0.1, 0.15) is 10.5 Å². The summed E-state index contributed by atoms with van der Waals surface area (Å²) in [7, 11) is 0. The molecule has 3 aromatic rings. The molecule has 110 valence electrons. The Labute approximate surface area is 127 Å². The average molecular weight is 319 g/mol. The third-order valence-electron chi connectivity index (χ3n) is 3.08. The van der Waals surface area contributed by atoms with Crippen molar-refractivity contribution in [2.45, 2.75) is 0 Å². The molecule has 0 aliphatic heterocycles. The lowest BCUT2D eigenvalue weighted by atomic mass is 10.0. The number of fused-ring (bicyclic) bond motifs is 1. The zero-order valence-electron chi connectivity index (χ0n) is 10.8. The molecule has 1 N–H and O–H groups in total. The van der Waals surface area contributed by atoms with E-state index in [2.05, 4.69) is 4.98 Å². The van der Waals surface area contributed by atoms with Crippen LogP contribution in [0.25, 0.3) is 22.2 Å². The number of aromatic carboxylic acids is 1. The fourth-order valence-corrected chi connectivity index (χ4v) is 2.31. The van der Waals surface area contributed by atoms with E-state index < -0.39 is 10.9 Å². The molecule has 0 unspecified atom stereocenters. The van der Waals surface area contributed by atoms with Gasteiger partial charge in [-0.25, -0.2) is 9.78 Å². The third-order valence-corrected chi connectivity index (χ3v) is 3.31. The second-order valence-electron chi connectivity index (χ2n) is 4.41. The van der Waals surface area contributed by atoms with Crippen molar-refractivity contribution in [2.75, 3.05) is 0 Å². The summed E-state index contributed by atoms with van der Waals surface area (Å²) in [6.07, 6.45) is 1.18. The Kier molecular flexibility index (Phi) is 3.26. The fraction of sp³-hybridized carbons (Fsp3) is 0. The molecule has 0 saturated carbocycles. The van der Waals surface area contributed by atoms with Gasteiger partial charge < -0.3 is 9.52 Å². The van der Waals surface area contributed by atoms with Crippen molar-refractivity contribution in [1.82, 2.24) is 4.98 Å². The standard InChI is InChI=1S/C14H7ClN2O5/c15-7-1-2-8-9(13-12(17(20)21)3-4-22-13)6-11(14(18)19)16-10(8)5-7/h1-6H,(H,18,19). The van der Waals surface area contributed by atoms with E-state index in [0.717, 1.165) is 0 Å². The number of nitrogens with zero attached hydrogens (tertiary/aromatic N) is 2. The molecule has 2 heterocycles. The topological polar surface area (TPSA) is 106 Å². The van der Waals surface area contributed by atoms with E-state index in [1.165, 1.54) is 24.5 Å². The van der Waals surface area contributed by atoms with Gasteiger partial charge in [0, 0.05) is 16.0 Å². The minimum atomic E-state index is -1.25. The number of hydrogen-bond donors (Lipinski definition) is 1. The molecule has 0 fully saturated rings. The lowest BCUT2D eigenvalue weighted by Crippen LogP contribution is -2.01. The molecule has 0 radical (unpaired) electrons. The van der Waals surface area contributed by atoms with Gasteiger partial charge in [0.05, 0.1) is 22.8 Å². The van der Waals surface area contributed by atoms with Crippen LogP contribution in [0.2, 0.25) is 5.02 Å². The van der Waals surface area contributed by atoms with Crippen LogP contribution in [0.15, 0.2) is 41.0 Å². The number of halogens is 1. The van der Waals surface area contributed by atoms with Crippen molar-refractivity contribution < 1.29 is 19.2 Å². The van der Waals surface area contributed by atoms with Gasteiger partial charge in [-0.15, -0.1) is 0 Å². The quantitative estimate of drug-likeness (QED) is 0.582. The maximum atomic E-state index is 11.2. The Balaban J connectivity index is 2.38. The Hall–Kier alpha value is -2.93. The maximum absolute atomic E-state index is 11.2. The van der Waals surface area contributed by atoms with Gasteiger partial charge in [-0.3, -0.25) is 10.1 Å². The maximum Gasteiger partial charge on any atom is 0.354 e. The van der Waals surface area contributed by atoms with Gasteiger partial charge in [-0.1, -0.05) is 17.7 Å². The first kappa shape index (κ1) is 14.0. The summed E-state index contributed by atoms with van der Waals surface area (Å²) in [6, 6.07) is 7.13. The molecule has 0 spiro atoms. The van der Waals surface area contributed by atoms with E-state index in [1.807, 2.05) is 0 Å². The van der Waals surface area contributed by atoms with E-state index in [-0.39, 0.29) is 22.7 Å². The molecular weight excluding hydrogens is 312 g/mol. The van der Waals surface area contributed by atoms with Gasteiger partial charge in [0.2, 0.25) is 5.76 Å². The first-order valence-corrected chi connectivity index (χ1v) is 6.41. The van der Waals surface area contributed by atoms with Gasteiger partial charge in [0.1, 0.15) is 5.69 Å². The number of carbonyl (C=O) groups is 1. The summed E-state index contributed by atoms with van der Waals surface area (Å²) in [4.78, 5) is 25.7. The molecule has 0 amide bonds. The lowest BCUT2D eigenvalue weighted by molar-refractivity contribution is -0.384. The van der Waals surface area contributed by atoms with E-state index >= 15 is 0 Å². The Morgan fingerprint density at radius 1 is 1.32 bits per heavy atom. The molecule has 22 heavy (non-hydrogen) atoms. The van der Waals surface area contributed by atoms with E-state index in [1.54, 1.807) is 12.1 Å². The number of carboxylic acid groups (broad SMARTS) is 1. The number of rotatable bonds is 3. The first-order chi connectivity index (χ1) is 10.5. The van der Waals surface area contributed by atoms with Crippen molar-refractivity contribution >= 4 is 34.2 Å². The number of pyridine rings is 1. The summed E-state index contributed by atoms with van der Waals surface area (Å²) in [5, 5.41) is 21.1. The zero-order chi connectivity index (χ0) is 15.9. The largest absolute Gasteiger partial charge is 0.477 e. The molecule has 8 heteroatoms. The molecule has 0 aliphatic rings. The highest BCUT2D eigenvalue weighted by atomic mass is 35.5. The summed E-state index contributed by atoms with van der Waals surface area (Å²) >= 11 is 5.89. The second-order valence-corrected chi connectivity index (χ2v) is 4.85. The summed E-state index contributed by atoms with van der Waals surface area (Å²) in [6.45, 7) is 0. The smallest absolute Gasteiger partial charge is 0.354 e. The number of nitro groups is 1. The van der Waals surface area contributed by atoms with Crippen molar-refractivity contribution in [3.05, 3.63) is 57.4 Å². The van der Waals surface area contributed by atoms with Crippen LogP contribution in [-0.2, 0) is 0 Å². The van der Waals surface area contributed by atoms with Gasteiger partial charge in [0.25, 0.3) is 0 Å². The molecule has 0 aliphatic carbocycles. The fourth-order valence-electron chi connectivity index (χ4n) is 2.15.